The summed E-state index contributed by atoms with van der Waals surface area (Å²) >= 11 is 0. The number of hydrogen-bond acceptors (Lipinski definition) is 5. The van der Waals surface area contributed by atoms with Crippen LogP contribution in [-0.4, -0.2) is 27.2 Å². The summed E-state index contributed by atoms with van der Waals surface area (Å²) in [6.45, 7) is 1.22. The number of para-hydroxylation sites is 1. The van der Waals surface area contributed by atoms with Gasteiger partial charge in [0.05, 0.1) is 11.5 Å². The van der Waals surface area contributed by atoms with Gasteiger partial charge < -0.3 is 14.8 Å². The minimum Gasteiger partial charge on any atom is -0.494 e. The third kappa shape index (κ3) is 7.42. The van der Waals surface area contributed by atoms with E-state index < -0.39 is 9.84 Å². The van der Waals surface area contributed by atoms with Gasteiger partial charge in [-0.15, -0.1) is 0 Å². The standard InChI is InChI=1S/C25H27NO5S/c1-32(28,29)23-15-13-22(14-16-23)30-17-7-12-25(27)26-18-21-10-5-6-11-24(21)31-19-20-8-3-2-4-9-20/h2-6,8-11,13-16H,7,12,17-19H2,1H3,(H,26,27). The Morgan fingerprint density at radius 2 is 1.56 bits per heavy atom. The lowest BCUT2D eigenvalue weighted by Crippen LogP contribution is -2.23. The van der Waals surface area contributed by atoms with Crippen LogP contribution in [0.2, 0.25) is 0 Å². The Labute approximate surface area is 189 Å². The quantitative estimate of drug-likeness (QED) is 0.441. The molecule has 1 amide bonds. The minimum absolute atomic E-state index is 0.0705. The number of amides is 1. The molecule has 32 heavy (non-hydrogen) atoms. The van der Waals surface area contributed by atoms with E-state index in [1.54, 1.807) is 12.1 Å². The highest BCUT2D eigenvalue weighted by atomic mass is 32.2. The van der Waals surface area contributed by atoms with Gasteiger partial charge in [-0.25, -0.2) is 8.42 Å². The maximum absolute atomic E-state index is 12.2. The first-order valence-electron chi connectivity index (χ1n) is 10.4. The molecule has 0 bridgehead atoms. The van der Waals surface area contributed by atoms with E-state index in [0.717, 1.165) is 23.1 Å². The lowest BCUT2D eigenvalue weighted by atomic mass is 10.2. The predicted molar refractivity (Wildman–Crippen MR) is 123 cm³/mol. The highest BCUT2D eigenvalue weighted by molar-refractivity contribution is 7.90. The second kappa shape index (κ2) is 11.3. The Bertz CT molecular complexity index is 1110. The molecule has 7 heteroatoms. The summed E-state index contributed by atoms with van der Waals surface area (Å²) < 4.78 is 34.5. The monoisotopic (exact) mass is 453 g/mol. The fourth-order valence-corrected chi connectivity index (χ4v) is 3.64. The number of hydrogen-bond donors (Lipinski definition) is 1. The molecule has 0 aliphatic rings. The largest absolute Gasteiger partial charge is 0.494 e. The van der Waals surface area contributed by atoms with Crippen LogP contribution in [0.15, 0.2) is 83.8 Å². The Hall–Kier alpha value is -3.32. The van der Waals surface area contributed by atoms with Gasteiger partial charge in [-0.2, -0.15) is 0 Å². The van der Waals surface area contributed by atoms with Crippen molar-refractivity contribution in [3.05, 3.63) is 90.0 Å². The van der Waals surface area contributed by atoms with Crippen molar-refractivity contribution in [2.45, 2.75) is 30.9 Å². The second-order valence-corrected chi connectivity index (χ2v) is 9.37. The molecule has 0 aliphatic carbocycles. The highest BCUT2D eigenvalue weighted by Crippen LogP contribution is 2.19. The van der Waals surface area contributed by atoms with Gasteiger partial charge in [0.2, 0.25) is 5.91 Å². The molecular formula is C25H27NO5S. The maximum Gasteiger partial charge on any atom is 0.220 e. The molecule has 0 saturated heterocycles. The van der Waals surface area contributed by atoms with Crippen molar-refractivity contribution in [2.75, 3.05) is 12.9 Å². The van der Waals surface area contributed by atoms with Crippen LogP contribution in [0.1, 0.15) is 24.0 Å². The van der Waals surface area contributed by atoms with Crippen molar-refractivity contribution in [3.63, 3.8) is 0 Å². The highest BCUT2D eigenvalue weighted by Gasteiger charge is 2.08. The molecule has 0 radical (unpaired) electrons. The van der Waals surface area contributed by atoms with Crippen LogP contribution in [0.4, 0.5) is 0 Å². The average Bonchev–Trinajstić information content (AvgIpc) is 2.80. The van der Waals surface area contributed by atoms with E-state index in [1.165, 1.54) is 12.1 Å². The summed E-state index contributed by atoms with van der Waals surface area (Å²) in [4.78, 5) is 12.4. The Balaban J connectivity index is 1.39. The van der Waals surface area contributed by atoms with Gasteiger partial charge in [-0.05, 0) is 42.3 Å². The van der Waals surface area contributed by atoms with Gasteiger partial charge in [0.15, 0.2) is 9.84 Å². The zero-order valence-electron chi connectivity index (χ0n) is 18.0. The van der Waals surface area contributed by atoms with Crippen molar-refractivity contribution in [3.8, 4) is 11.5 Å². The molecule has 1 N–H and O–H groups in total. The molecule has 0 aliphatic heterocycles. The number of carbonyl (C=O) groups is 1. The van der Waals surface area contributed by atoms with Crippen molar-refractivity contribution >= 4 is 15.7 Å². The lowest BCUT2D eigenvalue weighted by Gasteiger charge is -2.12. The average molecular weight is 454 g/mol. The van der Waals surface area contributed by atoms with Crippen molar-refractivity contribution in [1.29, 1.82) is 0 Å². The van der Waals surface area contributed by atoms with Gasteiger partial charge in [0.25, 0.3) is 0 Å². The normalized spacial score (nSPS) is 11.0. The molecule has 3 aromatic carbocycles. The first-order chi connectivity index (χ1) is 15.4. The number of sulfone groups is 1. The molecule has 3 aromatic rings. The number of carbonyl (C=O) groups excluding carboxylic acids is 1. The van der Waals surface area contributed by atoms with Crippen LogP contribution in [0.25, 0.3) is 0 Å². The topological polar surface area (TPSA) is 81.7 Å². The van der Waals surface area contributed by atoms with Gasteiger partial charge >= 0.3 is 0 Å². The third-order valence-electron chi connectivity index (χ3n) is 4.75. The van der Waals surface area contributed by atoms with Crippen LogP contribution in [0, 0.1) is 0 Å². The van der Waals surface area contributed by atoms with Crippen LogP contribution in [-0.2, 0) is 27.8 Å². The van der Waals surface area contributed by atoms with E-state index in [-0.39, 0.29) is 10.8 Å². The molecule has 6 nitrogen and oxygen atoms in total. The number of rotatable bonds is 11. The van der Waals surface area contributed by atoms with Gasteiger partial charge in [-0.1, -0.05) is 48.5 Å². The van der Waals surface area contributed by atoms with Gasteiger partial charge in [0, 0.05) is 24.8 Å². The molecule has 0 heterocycles. The summed E-state index contributed by atoms with van der Waals surface area (Å²) in [7, 11) is -3.22. The zero-order valence-corrected chi connectivity index (χ0v) is 18.8. The first-order valence-corrected chi connectivity index (χ1v) is 12.3. The van der Waals surface area contributed by atoms with E-state index >= 15 is 0 Å². The molecule has 0 unspecified atom stereocenters. The fourth-order valence-electron chi connectivity index (χ4n) is 3.01. The second-order valence-electron chi connectivity index (χ2n) is 7.35. The Kier molecular flexibility index (Phi) is 8.27. The van der Waals surface area contributed by atoms with Gasteiger partial charge in [-0.3, -0.25) is 4.79 Å². The maximum atomic E-state index is 12.2. The van der Waals surface area contributed by atoms with Crippen LogP contribution in [0.3, 0.4) is 0 Å². The van der Waals surface area contributed by atoms with Crippen LogP contribution < -0.4 is 14.8 Å². The zero-order chi connectivity index (χ0) is 22.8. The molecule has 3 rings (SSSR count). The molecule has 168 valence electrons. The third-order valence-corrected chi connectivity index (χ3v) is 5.88. The summed E-state index contributed by atoms with van der Waals surface area (Å²) in [6, 6.07) is 23.8. The first kappa shape index (κ1) is 23.3. The summed E-state index contributed by atoms with van der Waals surface area (Å²) in [6.07, 6.45) is 2.04. The molecule has 0 aromatic heterocycles. The van der Waals surface area contributed by atoms with E-state index in [4.69, 9.17) is 9.47 Å². The lowest BCUT2D eigenvalue weighted by molar-refractivity contribution is -0.121. The number of nitrogens with one attached hydrogen (secondary N) is 1. The smallest absolute Gasteiger partial charge is 0.220 e. The number of benzene rings is 3. The summed E-state index contributed by atoms with van der Waals surface area (Å²) in [5.74, 6) is 1.25. The summed E-state index contributed by atoms with van der Waals surface area (Å²) in [5, 5.41) is 2.92. The molecule has 0 fully saturated rings. The van der Waals surface area contributed by atoms with Crippen LogP contribution in [0.5, 0.6) is 11.5 Å². The Morgan fingerprint density at radius 1 is 0.875 bits per heavy atom. The minimum atomic E-state index is -3.22. The van der Waals surface area contributed by atoms with E-state index in [0.29, 0.717) is 38.3 Å². The van der Waals surface area contributed by atoms with E-state index in [9.17, 15) is 13.2 Å². The Morgan fingerprint density at radius 3 is 2.28 bits per heavy atom. The van der Waals surface area contributed by atoms with E-state index in [1.807, 2.05) is 54.6 Å². The fraction of sp³-hybridized carbons (Fsp3) is 0.240. The van der Waals surface area contributed by atoms with Crippen molar-refractivity contribution < 1.29 is 22.7 Å². The summed E-state index contributed by atoms with van der Waals surface area (Å²) in [5.41, 5.74) is 2.00. The van der Waals surface area contributed by atoms with Gasteiger partial charge in [0.1, 0.15) is 18.1 Å². The predicted octanol–water partition coefficient (Wildman–Crippen LogP) is 4.14. The molecule has 0 atom stereocenters. The number of ether oxygens (including phenoxy) is 2. The van der Waals surface area contributed by atoms with Crippen LogP contribution >= 0.6 is 0 Å². The molecular weight excluding hydrogens is 426 g/mol. The molecule has 0 spiro atoms. The molecule has 0 saturated carbocycles. The van der Waals surface area contributed by atoms with Crippen molar-refractivity contribution in [2.24, 2.45) is 0 Å². The SMILES string of the molecule is CS(=O)(=O)c1ccc(OCCCC(=O)NCc2ccccc2OCc2ccccc2)cc1. The van der Waals surface area contributed by atoms with Crippen molar-refractivity contribution in [1.82, 2.24) is 5.32 Å². The van der Waals surface area contributed by atoms with E-state index in [2.05, 4.69) is 5.32 Å².